The van der Waals surface area contributed by atoms with Gasteiger partial charge in [-0.05, 0) is 19.3 Å². The van der Waals surface area contributed by atoms with Crippen LogP contribution in [-0.2, 0) is 6.54 Å². The molecule has 1 saturated carbocycles. The minimum Gasteiger partial charge on any atom is -0.396 e. The van der Waals surface area contributed by atoms with Gasteiger partial charge in [-0.15, -0.1) is 11.3 Å². The van der Waals surface area contributed by atoms with E-state index in [4.69, 9.17) is 4.98 Å². The van der Waals surface area contributed by atoms with Crippen LogP contribution in [0.1, 0.15) is 36.6 Å². The highest BCUT2D eigenvalue weighted by Gasteiger charge is 2.30. The van der Waals surface area contributed by atoms with Gasteiger partial charge in [-0.3, -0.25) is 4.40 Å². The summed E-state index contributed by atoms with van der Waals surface area (Å²) in [4.78, 5) is 5.90. The van der Waals surface area contributed by atoms with Crippen LogP contribution in [0.4, 0.5) is 0 Å². The molecule has 20 heavy (non-hydrogen) atoms. The monoisotopic (exact) mass is 289 g/mol. The molecule has 0 aromatic carbocycles. The van der Waals surface area contributed by atoms with E-state index in [9.17, 15) is 5.11 Å². The third-order valence-corrected chi connectivity index (χ3v) is 5.05. The second kappa shape index (κ2) is 4.98. The predicted octanol–water partition coefficient (Wildman–Crippen LogP) is 2.30. The van der Waals surface area contributed by atoms with Gasteiger partial charge in [0.2, 0.25) is 0 Å². The average molecular weight is 289 g/mol. The first-order valence-corrected chi connectivity index (χ1v) is 8.20. The number of nitrogens with zero attached hydrogens (tertiary/aromatic N) is 2. The highest BCUT2D eigenvalue weighted by atomic mass is 32.1. The summed E-state index contributed by atoms with van der Waals surface area (Å²) in [6, 6.07) is 0.378. The lowest BCUT2D eigenvalue weighted by atomic mass is 10.1. The molecule has 2 N–H and O–H groups in total. The van der Waals surface area contributed by atoms with Crippen molar-refractivity contribution < 1.29 is 5.11 Å². The third-order valence-electron chi connectivity index (χ3n) is 4.29. The van der Waals surface area contributed by atoms with E-state index in [0.29, 0.717) is 17.9 Å². The maximum atomic E-state index is 9.18. The van der Waals surface area contributed by atoms with Gasteiger partial charge in [-0.1, -0.05) is 12.2 Å². The molecule has 0 radical (unpaired) electrons. The van der Waals surface area contributed by atoms with Gasteiger partial charge in [-0.2, -0.15) is 0 Å². The summed E-state index contributed by atoms with van der Waals surface area (Å²) in [7, 11) is 0. The minimum absolute atomic E-state index is 0.253. The van der Waals surface area contributed by atoms with E-state index >= 15 is 0 Å². The average Bonchev–Trinajstić information content (AvgIpc) is 2.89. The molecule has 0 aliphatic heterocycles. The summed E-state index contributed by atoms with van der Waals surface area (Å²) in [5, 5.41) is 14.9. The number of imidazole rings is 1. The fraction of sp³-hybridized carbons (Fsp3) is 0.533. The van der Waals surface area contributed by atoms with Crippen LogP contribution in [0.3, 0.4) is 0 Å². The van der Waals surface area contributed by atoms with Crippen molar-refractivity contribution in [2.24, 2.45) is 5.92 Å². The van der Waals surface area contributed by atoms with Crippen LogP contribution in [0.15, 0.2) is 23.7 Å². The van der Waals surface area contributed by atoms with E-state index in [1.807, 2.05) is 0 Å². The van der Waals surface area contributed by atoms with Crippen LogP contribution in [0, 0.1) is 5.92 Å². The maximum Gasteiger partial charge on any atom is 0.194 e. The predicted molar refractivity (Wildman–Crippen MR) is 80.0 cm³/mol. The molecule has 5 heteroatoms. The molecule has 2 aromatic heterocycles. The largest absolute Gasteiger partial charge is 0.396 e. The first-order valence-electron chi connectivity index (χ1n) is 7.32. The van der Waals surface area contributed by atoms with Gasteiger partial charge in [0.25, 0.3) is 0 Å². The van der Waals surface area contributed by atoms with Crippen LogP contribution in [0.5, 0.6) is 0 Å². The number of thiazole rings is 1. The van der Waals surface area contributed by atoms with E-state index in [2.05, 4.69) is 33.4 Å². The highest BCUT2D eigenvalue weighted by Crippen LogP contribution is 2.41. The minimum atomic E-state index is 0.253. The van der Waals surface area contributed by atoms with Crippen molar-refractivity contribution in [2.45, 2.75) is 37.8 Å². The molecular formula is C15H19N3OS. The normalized spacial score (nSPS) is 25.9. The van der Waals surface area contributed by atoms with Gasteiger partial charge >= 0.3 is 0 Å². The lowest BCUT2D eigenvalue weighted by Crippen LogP contribution is -2.27. The fourth-order valence-electron chi connectivity index (χ4n) is 3.00. The summed E-state index contributed by atoms with van der Waals surface area (Å²) < 4.78 is 2.23. The summed E-state index contributed by atoms with van der Waals surface area (Å²) in [5.41, 5.74) is 2.62. The Morgan fingerprint density at radius 3 is 3.05 bits per heavy atom. The molecule has 106 valence electrons. The van der Waals surface area contributed by atoms with Crippen LogP contribution >= 0.6 is 11.3 Å². The summed E-state index contributed by atoms with van der Waals surface area (Å²) in [6.45, 7) is 1.11. The Labute approximate surface area is 122 Å². The van der Waals surface area contributed by atoms with E-state index in [0.717, 1.165) is 17.9 Å². The van der Waals surface area contributed by atoms with Crippen molar-refractivity contribution >= 4 is 16.3 Å². The molecule has 2 aliphatic carbocycles. The van der Waals surface area contributed by atoms with Crippen LogP contribution in [0.2, 0.25) is 0 Å². The van der Waals surface area contributed by atoms with Gasteiger partial charge < -0.3 is 10.4 Å². The Bertz CT molecular complexity index is 641. The molecule has 2 aromatic rings. The third kappa shape index (κ3) is 2.20. The Balaban J connectivity index is 1.52. The van der Waals surface area contributed by atoms with Crippen LogP contribution in [0.25, 0.3) is 4.96 Å². The molecule has 0 saturated heterocycles. The number of hydrogen-bond acceptors (Lipinski definition) is 4. The molecular weight excluding hydrogens is 270 g/mol. The molecule has 0 bridgehead atoms. The molecule has 4 rings (SSSR count). The van der Waals surface area contributed by atoms with Gasteiger partial charge in [0.05, 0.1) is 11.4 Å². The number of aliphatic hydroxyl groups excluding tert-OH is 1. The Morgan fingerprint density at radius 1 is 1.40 bits per heavy atom. The van der Waals surface area contributed by atoms with Gasteiger partial charge in [-0.25, -0.2) is 4.98 Å². The number of rotatable bonds is 5. The second-order valence-corrected chi connectivity index (χ2v) is 6.70. The molecule has 2 aliphatic rings. The molecule has 0 amide bonds. The van der Waals surface area contributed by atoms with Crippen molar-refractivity contribution in [1.82, 2.24) is 14.7 Å². The summed E-state index contributed by atoms with van der Waals surface area (Å²) >= 11 is 1.71. The number of aromatic nitrogens is 2. The zero-order valence-electron chi connectivity index (χ0n) is 11.3. The van der Waals surface area contributed by atoms with E-state index in [-0.39, 0.29) is 6.61 Å². The molecule has 2 atom stereocenters. The number of nitrogens with one attached hydrogen (secondary N) is 1. The van der Waals surface area contributed by atoms with Gasteiger partial charge in [0.15, 0.2) is 4.96 Å². The molecule has 1 fully saturated rings. The second-order valence-electron chi connectivity index (χ2n) is 5.82. The Morgan fingerprint density at radius 2 is 2.30 bits per heavy atom. The number of hydrogen-bond donors (Lipinski definition) is 2. The van der Waals surface area contributed by atoms with Crippen molar-refractivity contribution in [1.29, 1.82) is 0 Å². The van der Waals surface area contributed by atoms with Gasteiger partial charge in [0.1, 0.15) is 0 Å². The first-order chi connectivity index (χ1) is 9.85. The van der Waals surface area contributed by atoms with Crippen molar-refractivity contribution in [3.63, 3.8) is 0 Å². The SMILES string of the molecule is OC[C@H]1C=C[C@@H](NCc2c(C3CC3)nc3sccn23)C1. The Kier molecular flexibility index (Phi) is 3.13. The van der Waals surface area contributed by atoms with Crippen molar-refractivity contribution in [2.75, 3.05) is 6.61 Å². The number of fused-ring (bicyclic) bond motifs is 1. The fourth-order valence-corrected chi connectivity index (χ4v) is 3.74. The van der Waals surface area contributed by atoms with E-state index in [1.54, 1.807) is 11.3 Å². The van der Waals surface area contributed by atoms with Crippen LogP contribution in [-0.4, -0.2) is 27.1 Å². The summed E-state index contributed by atoms with van der Waals surface area (Å²) in [6.07, 6.45) is 10.00. The highest BCUT2D eigenvalue weighted by molar-refractivity contribution is 7.15. The topological polar surface area (TPSA) is 49.6 Å². The standard InChI is InChI=1S/C15H19N3OS/c19-9-10-1-4-12(7-10)16-8-13-14(11-2-3-11)17-15-18(13)5-6-20-15/h1,4-6,10-12,16,19H,2-3,7-9H2/t10-,12+/m0/s1. The molecule has 0 unspecified atom stereocenters. The van der Waals surface area contributed by atoms with Crippen molar-refractivity contribution in [3.05, 3.63) is 35.1 Å². The zero-order chi connectivity index (χ0) is 13.5. The quantitative estimate of drug-likeness (QED) is 0.830. The summed E-state index contributed by atoms with van der Waals surface area (Å²) in [5.74, 6) is 1.00. The zero-order valence-corrected chi connectivity index (χ0v) is 12.1. The van der Waals surface area contributed by atoms with Crippen LogP contribution < -0.4 is 5.32 Å². The first kappa shape index (κ1) is 12.6. The van der Waals surface area contributed by atoms with Gasteiger partial charge in [0, 0.05) is 42.6 Å². The smallest absolute Gasteiger partial charge is 0.194 e. The molecule has 4 nitrogen and oxygen atoms in total. The van der Waals surface area contributed by atoms with Crippen molar-refractivity contribution in [3.8, 4) is 0 Å². The number of aliphatic hydroxyl groups is 1. The molecule has 2 heterocycles. The van der Waals surface area contributed by atoms with E-state index in [1.165, 1.54) is 24.2 Å². The lowest BCUT2D eigenvalue weighted by Gasteiger charge is -2.13. The Hall–Kier alpha value is -1.17. The lowest BCUT2D eigenvalue weighted by molar-refractivity contribution is 0.246. The molecule has 0 spiro atoms. The van der Waals surface area contributed by atoms with E-state index < -0.39 is 0 Å². The maximum absolute atomic E-state index is 9.18.